The molecule has 0 bridgehead atoms. The zero-order valence-corrected chi connectivity index (χ0v) is 5.83. The third-order valence-corrected chi connectivity index (χ3v) is 0.555. The molecular formula is C5H10F3NO. The molecule has 0 saturated heterocycles. The van der Waals surface area contributed by atoms with Crippen LogP contribution in [0, 0.1) is 0 Å². The summed E-state index contributed by atoms with van der Waals surface area (Å²) in [6.07, 6.45) is -4.25. The van der Waals surface area contributed by atoms with Gasteiger partial charge in [-0.2, -0.15) is 18.7 Å². The van der Waals surface area contributed by atoms with Gasteiger partial charge in [-0.1, -0.05) is 0 Å². The summed E-state index contributed by atoms with van der Waals surface area (Å²) in [6.45, 7) is 2.14. The standard InChI is InChI=1S/C5H10F3NO/c1-4(2)9-10-3-5(6,7)8/h4,9H,3H2,1-2H3. The van der Waals surface area contributed by atoms with E-state index in [0.29, 0.717) is 0 Å². The van der Waals surface area contributed by atoms with Crippen LogP contribution < -0.4 is 5.48 Å². The topological polar surface area (TPSA) is 21.3 Å². The summed E-state index contributed by atoms with van der Waals surface area (Å²) in [5.41, 5.74) is 2.18. The smallest absolute Gasteiger partial charge is 0.292 e. The van der Waals surface area contributed by atoms with Crippen LogP contribution >= 0.6 is 0 Å². The van der Waals surface area contributed by atoms with Gasteiger partial charge in [-0.25, -0.2) is 0 Å². The highest BCUT2D eigenvalue weighted by atomic mass is 19.4. The summed E-state index contributed by atoms with van der Waals surface area (Å²) in [7, 11) is 0. The number of hydrogen-bond acceptors (Lipinski definition) is 2. The molecule has 0 aliphatic heterocycles. The monoisotopic (exact) mass is 157 g/mol. The third kappa shape index (κ3) is 7.71. The van der Waals surface area contributed by atoms with Crippen molar-refractivity contribution >= 4 is 0 Å². The third-order valence-electron chi connectivity index (χ3n) is 0.555. The number of hydroxylamine groups is 1. The molecule has 62 valence electrons. The van der Waals surface area contributed by atoms with Crippen LogP contribution in [0.4, 0.5) is 13.2 Å². The molecule has 0 aromatic rings. The Kier molecular flexibility index (Phi) is 3.67. The summed E-state index contributed by atoms with van der Waals surface area (Å²) in [5.74, 6) is 0. The fraction of sp³-hybridized carbons (Fsp3) is 1.00. The molecule has 0 spiro atoms. The Labute approximate surface area is 57.3 Å². The van der Waals surface area contributed by atoms with E-state index in [9.17, 15) is 13.2 Å². The highest BCUT2D eigenvalue weighted by Crippen LogP contribution is 2.13. The summed E-state index contributed by atoms with van der Waals surface area (Å²) < 4.78 is 34.0. The van der Waals surface area contributed by atoms with Gasteiger partial charge in [-0.05, 0) is 13.8 Å². The number of nitrogens with one attached hydrogen (secondary N) is 1. The fourth-order valence-electron chi connectivity index (χ4n) is 0.290. The fourth-order valence-corrected chi connectivity index (χ4v) is 0.290. The van der Waals surface area contributed by atoms with E-state index in [-0.39, 0.29) is 6.04 Å². The van der Waals surface area contributed by atoms with Gasteiger partial charge in [0.1, 0.15) is 0 Å². The molecule has 0 aliphatic rings. The van der Waals surface area contributed by atoms with Crippen LogP contribution in [0.2, 0.25) is 0 Å². The highest BCUT2D eigenvalue weighted by Gasteiger charge is 2.27. The van der Waals surface area contributed by atoms with Gasteiger partial charge < -0.3 is 0 Å². The van der Waals surface area contributed by atoms with Crippen LogP contribution in [0.15, 0.2) is 0 Å². The zero-order valence-electron chi connectivity index (χ0n) is 5.83. The van der Waals surface area contributed by atoms with Crippen LogP contribution in [0.1, 0.15) is 13.8 Å². The van der Waals surface area contributed by atoms with Crippen molar-refractivity contribution in [1.82, 2.24) is 5.48 Å². The van der Waals surface area contributed by atoms with E-state index in [1.165, 1.54) is 0 Å². The van der Waals surface area contributed by atoms with Gasteiger partial charge in [0, 0.05) is 6.04 Å². The summed E-state index contributed by atoms with van der Waals surface area (Å²) in [5, 5.41) is 0. The molecule has 10 heavy (non-hydrogen) atoms. The maximum Gasteiger partial charge on any atom is 0.413 e. The second-order valence-electron chi connectivity index (χ2n) is 2.18. The van der Waals surface area contributed by atoms with Gasteiger partial charge >= 0.3 is 6.18 Å². The molecular weight excluding hydrogens is 147 g/mol. The molecule has 0 fully saturated rings. The number of hydrogen-bond donors (Lipinski definition) is 1. The minimum absolute atomic E-state index is 0.0950. The predicted molar refractivity (Wildman–Crippen MR) is 30.3 cm³/mol. The maximum atomic E-state index is 11.3. The van der Waals surface area contributed by atoms with E-state index >= 15 is 0 Å². The largest absolute Gasteiger partial charge is 0.413 e. The molecule has 0 radical (unpaired) electrons. The number of rotatable bonds is 3. The first kappa shape index (κ1) is 9.71. The van der Waals surface area contributed by atoms with Crippen molar-refractivity contribution in [2.75, 3.05) is 6.61 Å². The molecule has 0 aliphatic carbocycles. The van der Waals surface area contributed by atoms with Crippen LogP contribution in [0.5, 0.6) is 0 Å². The molecule has 0 aromatic heterocycles. The Hall–Kier alpha value is -0.290. The van der Waals surface area contributed by atoms with E-state index in [4.69, 9.17) is 0 Å². The van der Waals surface area contributed by atoms with E-state index in [1.54, 1.807) is 13.8 Å². The van der Waals surface area contributed by atoms with Crippen LogP contribution in [-0.4, -0.2) is 18.8 Å². The average Bonchev–Trinajstić information content (AvgIpc) is 1.59. The van der Waals surface area contributed by atoms with Crippen molar-refractivity contribution in [3.8, 4) is 0 Å². The lowest BCUT2D eigenvalue weighted by Gasteiger charge is -2.09. The molecule has 0 heterocycles. The number of alkyl halides is 3. The van der Waals surface area contributed by atoms with Crippen molar-refractivity contribution in [2.24, 2.45) is 0 Å². The molecule has 0 atom stereocenters. The predicted octanol–water partition coefficient (Wildman–Crippen LogP) is 1.48. The van der Waals surface area contributed by atoms with Crippen LogP contribution in [0.3, 0.4) is 0 Å². The Morgan fingerprint density at radius 1 is 1.40 bits per heavy atom. The maximum absolute atomic E-state index is 11.3. The first-order chi connectivity index (χ1) is 4.42. The van der Waals surface area contributed by atoms with Crippen molar-refractivity contribution in [3.05, 3.63) is 0 Å². The Morgan fingerprint density at radius 3 is 2.20 bits per heavy atom. The van der Waals surface area contributed by atoms with Crippen molar-refractivity contribution in [1.29, 1.82) is 0 Å². The Balaban J connectivity index is 3.21. The second kappa shape index (κ2) is 3.78. The minimum atomic E-state index is -4.25. The summed E-state index contributed by atoms with van der Waals surface area (Å²) in [4.78, 5) is 4.08. The Bertz CT molecular complexity index is 91.4. The first-order valence-corrected chi connectivity index (χ1v) is 2.86. The highest BCUT2D eigenvalue weighted by molar-refractivity contribution is 4.45. The molecule has 0 amide bonds. The first-order valence-electron chi connectivity index (χ1n) is 2.86. The quantitative estimate of drug-likeness (QED) is 0.626. The summed E-state index contributed by atoms with van der Waals surface area (Å²) >= 11 is 0. The second-order valence-corrected chi connectivity index (χ2v) is 2.18. The molecule has 0 aromatic carbocycles. The zero-order chi connectivity index (χ0) is 8.20. The molecule has 0 unspecified atom stereocenters. The van der Waals surface area contributed by atoms with Crippen molar-refractivity contribution < 1.29 is 18.0 Å². The Morgan fingerprint density at radius 2 is 1.90 bits per heavy atom. The van der Waals surface area contributed by atoms with Crippen LogP contribution in [0.25, 0.3) is 0 Å². The van der Waals surface area contributed by atoms with Gasteiger partial charge in [-0.15, -0.1) is 0 Å². The molecule has 2 nitrogen and oxygen atoms in total. The molecule has 1 N–H and O–H groups in total. The SMILES string of the molecule is CC(C)NOCC(F)(F)F. The number of halogens is 3. The minimum Gasteiger partial charge on any atom is -0.292 e. The van der Waals surface area contributed by atoms with E-state index in [2.05, 4.69) is 10.3 Å². The lowest BCUT2D eigenvalue weighted by Crippen LogP contribution is -2.29. The van der Waals surface area contributed by atoms with Crippen molar-refractivity contribution in [2.45, 2.75) is 26.1 Å². The van der Waals surface area contributed by atoms with Gasteiger partial charge in [-0.3, -0.25) is 4.84 Å². The lowest BCUT2D eigenvalue weighted by atomic mass is 10.4. The normalized spacial score (nSPS) is 12.6. The molecule has 0 saturated carbocycles. The van der Waals surface area contributed by atoms with Gasteiger partial charge in [0.15, 0.2) is 6.61 Å². The summed E-state index contributed by atoms with van der Waals surface area (Å²) in [6, 6.07) is -0.0950. The van der Waals surface area contributed by atoms with E-state index in [0.717, 1.165) is 0 Å². The molecule has 0 rings (SSSR count). The van der Waals surface area contributed by atoms with Crippen molar-refractivity contribution in [3.63, 3.8) is 0 Å². The van der Waals surface area contributed by atoms with Gasteiger partial charge in [0.25, 0.3) is 0 Å². The van der Waals surface area contributed by atoms with Gasteiger partial charge in [0.05, 0.1) is 0 Å². The molecule has 5 heteroatoms. The average molecular weight is 157 g/mol. The van der Waals surface area contributed by atoms with Gasteiger partial charge in [0.2, 0.25) is 0 Å². The van der Waals surface area contributed by atoms with E-state index < -0.39 is 12.8 Å². The lowest BCUT2D eigenvalue weighted by molar-refractivity contribution is -0.191. The van der Waals surface area contributed by atoms with Crippen LogP contribution in [-0.2, 0) is 4.84 Å². The van der Waals surface area contributed by atoms with E-state index in [1.807, 2.05) is 0 Å².